The number of rotatable bonds is 7. The predicted molar refractivity (Wildman–Crippen MR) is 86.7 cm³/mol. The highest BCUT2D eigenvalue weighted by atomic mass is 32.1. The molecule has 4 heteroatoms. The van der Waals surface area contributed by atoms with Crippen LogP contribution in [-0.4, -0.2) is 17.6 Å². The molecule has 0 bridgehead atoms. The van der Waals surface area contributed by atoms with Crippen molar-refractivity contribution in [3.05, 3.63) is 57.8 Å². The van der Waals surface area contributed by atoms with Crippen molar-refractivity contribution in [1.29, 1.82) is 0 Å². The minimum Gasteiger partial charge on any atom is -0.388 e. The van der Waals surface area contributed by atoms with Crippen molar-refractivity contribution in [1.82, 2.24) is 5.32 Å². The second kappa shape index (κ2) is 7.96. The van der Waals surface area contributed by atoms with Crippen LogP contribution < -0.4 is 5.32 Å². The van der Waals surface area contributed by atoms with Crippen molar-refractivity contribution in [2.24, 2.45) is 0 Å². The predicted octanol–water partition coefficient (Wildman–Crippen LogP) is 3.55. The summed E-state index contributed by atoms with van der Waals surface area (Å²) in [5.41, 5.74) is 2.83. The highest BCUT2D eigenvalue weighted by molar-refractivity contribution is 7.07. The second-order valence-corrected chi connectivity index (χ2v) is 5.84. The van der Waals surface area contributed by atoms with Gasteiger partial charge in [-0.05, 0) is 52.9 Å². The van der Waals surface area contributed by atoms with E-state index in [0.717, 1.165) is 18.4 Å². The molecule has 1 unspecified atom stereocenters. The zero-order valence-electron chi connectivity index (χ0n) is 12.2. The fraction of sp³-hybridized carbons (Fsp3) is 0.353. The molecular weight excluding hydrogens is 282 g/mol. The first-order valence-electron chi connectivity index (χ1n) is 7.28. The van der Waals surface area contributed by atoms with E-state index in [0.29, 0.717) is 18.5 Å². The van der Waals surface area contributed by atoms with Crippen LogP contribution in [0, 0.1) is 0 Å². The van der Waals surface area contributed by atoms with Crippen molar-refractivity contribution < 1.29 is 9.90 Å². The van der Waals surface area contributed by atoms with E-state index >= 15 is 0 Å². The number of thiophene rings is 1. The standard InChI is InChI=1S/C17H21NO2S/c1-2-3-13-4-6-14(7-5-13)17(20)18-10-8-16(19)15-9-11-21-12-15/h4-7,9,11-12,16,19H,2-3,8,10H2,1H3,(H,18,20). The molecule has 112 valence electrons. The highest BCUT2D eigenvalue weighted by Gasteiger charge is 2.09. The van der Waals surface area contributed by atoms with Crippen LogP contribution in [-0.2, 0) is 6.42 Å². The molecule has 1 atom stereocenters. The van der Waals surface area contributed by atoms with E-state index in [-0.39, 0.29) is 5.91 Å². The molecule has 0 saturated carbocycles. The van der Waals surface area contributed by atoms with Crippen molar-refractivity contribution in [2.45, 2.75) is 32.3 Å². The average molecular weight is 303 g/mol. The second-order valence-electron chi connectivity index (χ2n) is 5.06. The van der Waals surface area contributed by atoms with Gasteiger partial charge in [0.1, 0.15) is 0 Å². The van der Waals surface area contributed by atoms with Crippen molar-refractivity contribution in [2.75, 3.05) is 6.54 Å². The van der Waals surface area contributed by atoms with Crippen LogP contribution in [0.1, 0.15) is 47.4 Å². The fourth-order valence-electron chi connectivity index (χ4n) is 2.17. The van der Waals surface area contributed by atoms with Crippen molar-refractivity contribution in [3.63, 3.8) is 0 Å². The summed E-state index contributed by atoms with van der Waals surface area (Å²) in [7, 11) is 0. The first-order chi connectivity index (χ1) is 10.2. The van der Waals surface area contributed by atoms with Crippen LogP contribution in [0.25, 0.3) is 0 Å². The summed E-state index contributed by atoms with van der Waals surface area (Å²) in [5, 5.41) is 16.7. The monoisotopic (exact) mass is 303 g/mol. The van der Waals surface area contributed by atoms with Gasteiger partial charge < -0.3 is 10.4 Å². The number of nitrogens with one attached hydrogen (secondary N) is 1. The maximum atomic E-state index is 12.0. The third-order valence-electron chi connectivity index (χ3n) is 3.39. The summed E-state index contributed by atoms with van der Waals surface area (Å²) in [6.07, 6.45) is 2.15. The fourth-order valence-corrected chi connectivity index (χ4v) is 2.87. The van der Waals surface area contributed by atoms with Gasteiger partial charge in [-0.25, -0.2) is 0 Å². The number of benzene rings is 1. The minimum absolute atomic E-state index is 0.0874. The molecule has 1 aromatic carbocycles. The Balaban J connectivity index is 1.79. The summed E-state index contributed by atoms with van der Waals surface area (Å²) in [5.74, 6) is -0.0874. The van der Waals surface area contributed by atoms with Gasteiger partial charge in [0.25, 0.3) is 5.91 Å². The topological polar surface area (TPSA) is 49.3 Å². The summed E-state index contributed by atoms with van der Waals surface area (Å²) >= 11 is 1.56. The Labute approximate surface area is 129 Å². The Morgan fingerprint density at radius 1 is 1.29 bits per heavy atom. The van der Waals surface area contributed by atoms with Crippen LogP contribution in [0.5, 0.6) is 0 Å². The molecular formula is C17H21NO2S. The van der Waals surface area contributed by atoms with Gasteiger partial charge in [-0.3, -0.25) is 4.79 Å². The molecule has 0 spiro atoms. The van der Waals surface area contributed by atoms with E-state index in [1.54, 1.807) is 11.3 Å². The Hall–Kier alpha value is -1.65. The van der Waals surface area contributed by atoms with E-state index in [2.05, 4.69) is 12.2 Å². The van der Waals surface area contributed by atoms with E-state index in [1.165, 1.54) is 5.56 Å². The van der Waals surface area contributed by atoms with Crippen LogP contribution in [0.3, 0.4) is 0 Å². The van der Waals surface area contributed by atoms with E-state index in [1.807, 2.05) is 41.1 Å². The number of aliphatic hydroxyl groups is 1. The Bertz CT molecular complexity index is 549. The lowest BCUT2D eigenvalue weighted by Crippen LogP contribution is -2.25. The molecule has 21 heavy (non-hydrogen) atoms. The summed E-state index contributed by atoms with van der Waals surface area (Å²) in [6.45, 7) is 2.60. The number of amides is 1. The lowest BCUT2D eigenvalue weighted by Gasteiger charge is -2.10. The molecule has 2 aromatic rings. The number of carbonyl (C=O) groups is 1. The van der Waals surface area contributed by atoms with Crippen LogP contribution in [0.4, 0.5) is 0 Å². The molecule has 2 N–H and O–H groups in total. The third kappa shape index (κ3) is 4.69. The molecule has 0 aliphatic carbocycles. The lowest BCUT2D eigenvalue weighted by atomic mass is 10.1. The Morgan fingerprint density at radius 2 is 2.05 bits per heavy atom. The average Bonchev–Trinajstić information content (AvgIpc) is 3.02. The Kier molecular flexibility index (Phi) is 5.96. The van der Waals surface area contributed by atoms with Crippen molar-refractivity contribution in [3.8, 4) is 0 Å². The smallest absolute Gasteiger partial charge is 0.251 e. The zero-order chi connectivity index (χ0) is 15.1. The molecule has 1 heterocycles. The van der Waals surface area contributed by atoms with Crippen LogP contribution in [0.2, 0.25) is 0 Å². The molecule has 1 amide bonds. The first kappa shape index (κ1) is 15.7. The van der Waals surface area contributed by atoms with Gasteiger partial charge in [-0.15, -0.1) is 0 Å². The van der Waals surface area contributed by atoms with E-state index in [4.69, 9.17) is 0 Å². The third-order valence-corrected chi connectivity index (χ3v) is 4.09. The number of aryl methyl sites for hydroxylation is 1. The largest absolute Gasteiger partial charge is 0.388 e. The number of aliphatic hydroxyl groups excluding tert-OH is 1. The normalized spacial score (nSPS) is 12.1. The van der Waals surface area contributed by atoms with Gasteiger partial charge in [0, 0.05) is 12.1 Å². The molecule has 0 radical (unpaired) electrons. The molecule has 0 saturated heterocycles. The summed E-state index contributed by atoms with van der Waals surface area (Å²) in [4.78, 5) is 12.0. The Morgan fingerprint density at radius 3 is 2.67 bits per heavy atom. The maximum absolute atomic E-state index is 12.0. The molecule has 1 aromatic heterocycles. The van der Waals surface area contributed by atoms with Gasteiger partial charge in [-0.2, -0.15) is 11.3 Å². The quantitative estimate of drug-likeness (QED) is 0.821. The molecule has 0 fully saturated rings. The minimum atomic E-state index is -0.511. The molecule has 0 aliphatic heterocycles. The number of carbonyl (C=O) groups excluding carboxylic acids is 1. The van der Waals surface area contributed by atoms with Gasteiger partial charge in [0.2, 0.25) is 0 Å². The van der Waals surface area contributed by atoms with Crippen LogP contribution in [0.15, 0.2) is 41.1 Å². The van der Waals surface area contributed by atoms with Gasteiger partial charge >= 0.3 is 0 Å². The first-order valence-corrected chi connectivity index (χ1v) is 8.22. The maximum Gasteiger partial charge on any atom is 0.251 e. The summed E-state index contributed by atoms with van der Waals surface area (Å²) in [6, 6.07) is 9.62. The number of hydrogen-bond acceptors (Lipinski definition) is 3. The van der Waals surface area contributed by atoms with Crippen molar-refractivity contribution >= 4 is 17.2 Å². The highest BCUT2D eigenvalue weighted by Crippen LogP contribution is 2.18. The molecule has 0 aliphatic rings. The van der Waals surface area contributed by atoms with Gasteiger partial charge in [0.15, 0.2) is 0 Å². The van der Waals surface area contributed by atoms with Crippen LogP contribution >= 0.6 is 11.3 Å². The van der Waals surface area contributed by atoms with E-state index < -0.39 is 6.10 Å². The van der Waals surface area contributed by atoms with Gasteiger partial charge in [0.05, 0.1) is 6.10 Å². The SMILES string of the molecule is CCCc1ccc(C(=O)NCCC(O)c2ccsc2)cc1. The van der Waals surface area contributed by atoms with E-state index in [9.17, 15) is 9.90 Å². The van der Waals surface area contributed by atoms with Gasteiger partial charge in [-0.1, -0.05) is 25.5 Å². The zero-order valence-corrected chi connectivity index (χ0v) is 13.0. The molecule has 2 rings (SSSR count). The number of hydrogen-bond donors (Lipinski definition) is 2. The lowest BCUT2D eigenvalue weighted by molar-refractivity contribution is 0.0942. The molecule has 3 nitrogen and oxygen atoms in total. The summed E-state index contributed by atoms with van der Waals surface area (Å²) < 4.78 is 0.